The number of hydrogen-bond acceptors (Lipinski definition) is 4. The summed E-state index contributed by atoms with van der Waals surface area (Å²) in [5, 5.41) is 5.97. The van der Waals surface area contributed by atoms with Crippen LogP contribution in [0.4, 0.5) is 5.69 Å². The number of aryl methyl sites for hydroxylation is 1. The van der Waals surface area contributed by atoms with E-state index in [1.807, 2.05) is 37.3 Å². The molecule has 1 aromatic heterocycles. The number of aromatic nitrogens is 1. The lowest BCUT2D eigenvalue weighted by atomic mass is 10.2. The first-order chi connectivity index (χ1) is 11.6. The zero-order valence-corrected chi connectivity index (χ0v) is 14.7. The number of ether oxygens (including phenoxy) is 1. The fourth-order valence-electron chi connectivity index (χ4n) is 2.21. The Balaban J connectivity index is 1.84. The second-order valence-corrected chi connectivity index (χ2v) is 6.43. The van der Waals surface area contributed by atoms with Crippen molar-refractivity contribution in [3.05, 3.63) is 64.1 Å². The largest absolute Gasteiger partial charge is 0.495 e. The Labute approximate surface area is 149 Å². The summed E-state index contributed by atoms with van der Waals surface area (Å²) < 4.78 is 5.28. The Kier molecular flexibility index (Phi) is 4.83. The van der Waals surface area contributed by atoms with E-state index >= 15 is 0 Å². The summed E-state index contributed by atoms with van der Waals surface area (Å²) >= 11 is 7.52. The molecule has 0 aliphatic rings. The van der Waals surface area contributed by atoms with Crippen molar-refractivity contribution >= 4 is 34.5 Å². The Morgan fingerprint density at radius 1 is 1.25 bits per heavy atom. The summed E-state index contributed by atoms with van der Waals surface area (Å²) in [7, 11) is 1.53. The molecule has 0 saturated carbocycles. The smallest absolute Gasteiger partial charge is 0.275 e. The highest BCUT2D eigenvalue weighted by atomic mass is 35.5. The molecule has 0 fully saturated rings. The number of methoxy groups -OCH3 is 1. The first-order valence-corrected chi connectivity index (χ1v) is 8.50. The molecule has 1 heterocycles. The van der Waals surface area contributed by atoms with E-state index in [0.717, 1.165) is 16.1 Å². The number of amides is 1. The molecule has 3 aromatic rings. The summed E-state index contributed by atoms with van der Waals surface area (Å²) in [5.74, 6) is 0.228. The van der Waals surface area contributed by atoms with E-state index in [-0.39, 0.29) is 5.91 Å². The van der Waals surface area contributed by atoms with E-state index in [1.54, 1.807) is 17.5 Å². The van der Waals surface area contributed by atoms with Crippen LogP contribution in [0.3, 0.4) is 0 Å². The molecule has 6 heteroatoms. The lowest BCUT2D eigenvalue weighted by molar-refractivity contribution is 0.102. The molecule has 1 amide bonds. The van der Waals surface area contributed by atoms with E-state index < -0.39 is 0 Å². The highest BCUT2D eigenvalue weighted by molar-refractivity contribution is 7.13. The monoisotopic (exact) mass is 358 g/mol. The van der Waals surface area contributed by atoms with Crippen molar-refractivity contribution < 1.29 is 9.53 Å². The molecule has 0 atom stereocenters. The fourth-order valence-corrected chi connectivity index (χ4v) is 3.17. The molecule has 0 saturated heterocycles. The lowest BCUT2D eigenvalue weighted by Gasteiger charge is -2.11. The molecule has 0 spiro atoms. The third-order valence-corrected chi connectivity index (χ3v) is 4.79. The quantitative estimate of drug-likeness (QED) is 0.711. The number of thiazole rings is 1. The summed E-state index contributed by atoms with van der Waals surface area (Å²) in [5.41, 5.74) is 2.78. The van der Waals surface area contributed by atoms with Gasteiger partial charge in [0.1, 0.15) is 16.5 Å². The Morgan fingerprint density at radius 3 is 2.71 bits per heavy atom. The first-order valence-electron chi connectivity index (χ1n) is 7.25. The van der Waals surface area contributed by atoms with Crippen molar-refractivity contribution in [2.45, 2.75) is 6.92 Å². The van der Waals surface area contributed by atoms with Crippen molar-refractivity contribution in [2.24, 2.45) is 0 Å². The van der Waals surface area contributed by atoms with Gasteiger partial charge in [0.05, 0.1) is 12.8 Å². The number of halogens is 1. The third-order valence-electron chi connectivity index (χ3n) is 3.49. The highest BCUT2D eigenvalue weighted by Gasteiger charge is 2.15. The maximum Gasteiger partial charge on any atom is 0.275 e. The summed E-state index contributed by atoms with van der Waals surface area (Å²) in [6.45, 7) is 1.87. The number of nitrogens with one attached hydrogen (secondary N) is 1. The molecular weight excluding hydrogens is 344 g/mol. The van der Waals surface area contributed by atoms with E-state index in [1.165, 1.54) is 18.4 Å². The average molecular weight is 359 g/mol. The summed E-state index contributed by atoms with van der Waals surface area (Å²) in [6, 6.07) is 13.2. The third kappa shape index (κ3) is 3.42. The van der Waals surface area contributed by atoms with Gasteiger partial charge in [-0.1, -0.05) is 41.9 Å². The van der Waals surface area contributed by atoms with Crippen LogP contribution in [0.1, 0.15) is 16.1 Å². The Morgan fingerprint density at radius 2 is 2.00 bits per heavy atom. The standard InChI is InChI=1S/C18H15ClN2O2S/c1-11-8-14(16(23-2)9-13(11)19)20-17(22)15-10-24-18(21-15)12-6-4-3-5-7-12/h3-10H,1-2H3,(H,20,22). The van der Waals surface area contributed by atoms with Crippen molar-refractivity contribution in [1.29, 1.82) is 0 Å². The fraction of sp³-hybridized carbons (Fsp3) is 0.111. The summed E-state index contributed by atoms with van der Waals surface area (Å²) in [4.78, 5) is 16.9. The molecular formula is C18H15ClN2O2S. The van der Waals surface area contributed by atoms with Gasteiger partial charge < -0.3 is 10.1 Å². The van der Waals surface area contributed by atoms with Crippen LogP contribution in [-0.2, 0) is 0 Å². The number of nitrogens with zero attached hydrogens (tertiary/aromatic N) is 1. The van der Waals surface area contributed by atoms with E-state index in [4.69, 9.17) is 16.3 Å². The molecule has 3 rings (SSSR count). The minimum Gasteiger partial charge on any atom is -0.495 e. The van der Waals surface area contributed by atoms with Crippen LogP contribution in [0.2, 0.25) is 5.02 Å². The van der Waals surface area contributed by atoms with E-state index in [2.05, 4.69) is 10.3 Å². The minimum absolute atomic E-state index is 0.284. The maximum absolute atomic E-state index is 12.5. The molecule has 2 aromatic carbocycles. The minimum atomic E-state index is -0.284. The van der Waals surface area contributed by atoms with Gasteiger partial charge in [0.2, 0.25) is 0 Å². The zero-order valence-electron chi connectivity index (χ0n) is 13.2. The van der Waals surface area contributed by atoms with Gasteiger partial charge in [-0.3, -0.25) is 4.79 Å². The van der Waals surface area contributed by atoms with E-state index in [9.17, 15) is 4.79 Å². The zero-order chi connectivity index (χ0) is 17.1. The Hall–Kier alpha value is -2.37. The lowest BCUT2D eigenvalue weighted by Crippen LogP contribution is -2.13. The number of benzene rings is 2. The average Bonchev–Trinajstić information content (AvgIpc) is 3.09. The molecule has 1 N–H and O–H groups in total. The van der Waals surface area contributed by atoms with Gasteiger partial charge in [-0.05, 0) is 18.6 Å². The van der Waals surface area contributed by atoms with Gasteiger partial charge in [0, 0.05) is 22.0 Å². The predicted molar refractivity (Wildman–Crippen MR) is 98.2 cm³/mol. The topological polar surface area (TPSA) is 51.2 Å². The van der Waals surface area contributed by atoms with Crippen molar-refractivity contribution in [2.75, 3.05) is 12.4 Å². The molecule has 24 heavy (non-hydrogen) atoms. The molecule has 0 unspecified atom stereocenters. The van der Waals surface area contributed by atoms with Crippen molar-refractivity contribution in [1.82, 2.24) is 4.98 Å². The van der Waals surface area contributed by atoms with Crippen LogP contribution >= 0.6 is 22.9 Å². The number of carbonyl (C=O) groups is 1. The highest BCUT2D eigenvalue weighted by Crippen LogP contribution is 2.31. The van der Waals surface area contributed by atoms with Gasteiger partial charge in [-0.25, -0.2) is 4.98 Å². The van der Waals surface area contributed by atoms with Crippen LogP contribution in [0.25, 0.3) is 10.6 Å². The van der Waals surface area contributed by atoms with Crippen molar-refractivity contribution in [3.8, 4) is 16.3 Å². The molecule has 0 bridgehead atoms. The number of hydrogen-bond donors (Lipinski definition) is 1. The molecule has 122 valence electrons. The Bertz CT molecular complexity index is 878. The number of carbonyl (C=O) groups excluding carboxylic acids is 1. The van der Waals surface area contributed by atoms with Gasteiger partial charge in [-0.15, -0.1) is 11.3 Å². The van der Waals surface area contributed by atoms with Gasteiger partial charge >= 0.3 is 0 Å². The van der Waals surface area contributed by atoms with Crippen LogP contribution in [-0.4, -0.2) is 18.0 Å². The first kappa shape index (κ1) is 16.5. The second kappa shape index (κ2) is 7.03. The van der Waals surface area contributed by atoms with Crippen LogP contribution in [0, 0.1) is 6.92 Å². The predicted octanol–water partition coefficient (Wildman–Crippen LogP) is 5.03. The molecule has 4 nitrogen and oxygen atoms in total. The van der Waals surface area contributed by atoms with Gasteiger partial charge in [0.15, 0.2) is 0 Å². The van der Waals surface area contributed by atoms with Crippen LogP contribution < -0.4 is 10.1 Å². The van der Waals surface area contributed by atoms with Crippen LogP contribution in [0.5, 0.6) is 5.75 Å². The number of anilines is 1. The normalized spacial score (nSPS) is 10.5. The second-order valence-electron chi connectivity index (χ2n) is 5.16. The van der Waals surface area contributed by atoms with Gasteiger partial charge in [-0.2, -0.15) is 0 Å². The van der Waals surface area contributed by atoms with E-state index in [0.29, 0.717) is 22.2 Å². The maximum atomic E-state index is 12.5. The van der Waals surface area contributed by atoms with Crippen LogP contribution in [0.15, 0.2) is 47.8 Å². The SMILES string of the molecule is COc1cc(Cl)c(C)cc1NC(=O)c1csc(-c2ccccc2)n1. The number of rotatable bonds is 4. The van der Waals surface area contributed by atoms with Gasteiger partial charge in [0.25, 0.3) is 5.91 Å². The molecule has 0 aliphatic heterocycles. The van der Waals surface area contributed by atoms with Crippen molar-refractivity contribution in [3.63, 3.8) is 0 Å². The summed E-state index contributed by atoms with van der Waals surface area (Å²) in [6.07, 6.45) is 0. The molecule has 0 aliphatic carbocycles. The molecule has 0 radical (unpaired) electrons.